The second kappa shape index (κ2) is 12.7. The number of hydrogen-bond acceptors (Lipinski definition) is 8. The van der Waals surface area contributed by atoms with Gasteiger partial charge in [-0.2, -0.15) is 0 Å². The summed E-state index contributed by atoms with van der Waals surface area (Å²) in [6, 6.07) is 20.5. The van der Waals surface area contributed by atoms with Crippen molar-refractivity contribution in [1.82, 2.24) is 24.9 Å². The largest absolute Gasteiger partial charge is 0.496 e. The number of H-pyrrole nitrogens is 2. The lowest BCUT2D eigenvalue weighted by atomic mass is 9.94. The Kier molecular flexibility index (Phi) is 7.89. The van der Waals surface area contributed by atoms with Crippen molar-refractivity contribution in [2.24, 2.45) is 0 Å². The molecule has 9 rings (SSSR count). The number of aromatic amines is 2. The van der Waals surface area contributed by atoms with Crippen LogP contribution in [0.3, 0.4) is 0 Å². The monoisotopic (exact) mass is 714 g/mol. The number of fused-ring (bicyclic) bond motifs is 2. The summed E-state index contributed by atoms with van der Waals surface area (Å²) in [5, 5.41) is 4.25. The molecule has 8 heterocycles. The van der Waals surface area contributed by atoms with Gasteiger partial charge in [0.25, 0.3) is 0 Å². The highest BCUT2D eigenvalue weighted by molar-refractivity contribution is 7.19. The number of nitrogens with one attached hydrogen (secondary N) is 2. The fourth-order valence-corrected chi connectivity index (χ4v) is 9.22. The first-order valence-electron chi connectivity index (χ1n) is 16.3. The molecule has 1 atom stereocenters. The van der Waals surface area contributed by atoms with E-state index in [0.29, 0.717) is 19.7 Å². The molecule has 1 fully saturated rings. The second-order valence-corrected chi connectivity index (χ2v) is 14.8. The van der Waals surface area contributed by atoms with Gasteiger partial charge in [0.1, 0.15) is 29.0 Å². The lowest BCUT2D eigenvalue weighted by Gasteiger charge is -2.35. The summed E-state index contributed by atoms with van der Waals surface area (Å²) in [7, 11) is 1.70. The maximum absolute atomic E-state index is 6.60. The van der Waals surface area contributed by atoms with E-state index in [1.165, 1.54) is 16.0 Å². The Morgan fingerprint density at radius 3 is 2.48 bits per heavy atom. The molecule has 1 aliphatic rings. The molecule has 0 amide bonds. The summed E-state index contributed by atoms with van der Waals surface area (Å²) in [5.74, 6) is 1.70. The third-order valence-corrected chi connectivity index (χ3v) is 11.7. The van der Waals surface area contributed by atoms with Gasteiger partial charge in [-0.25, -0.2) is 15.0 Å². The van der Waals surface area contributed by atoms with E-state index >= 15 is 0 Å². The Morgan fingerprint density at radius 1 is 0.860 bits per heavy atom. The second-order valence-electron chi connectivity index (χ2n) is 12.2. The third kappa shape index (κ3) is 5.18. The molecule has 0 saturated carbocycles. The molecule has 248 valence electrons. The number of para-hydroxylation sites is 1. The van der Waals surface area contributed by atoms with E-state index in [2.05, 4.69) is 63.7 Å². The number of halogens is 1. The minimum atomic E-state index is -0.277. The van der Waals surface area contributed by atoms with E-state index in [1.54, 1.807) is 29.8 Å². The van der Waals surface area contributed by atoms with E-state index in [9.17, 15) is 0 Å². The predicted molar refractivity (Wildman–Crippen MR) is 205 cm³/mol. The standard InChI is InChI=1S/C39H31ClN6O2S2/c1-22-12-17-49-36(22)25-11-14-41-37-33(25)27(19-43-37)24-7-5-13-42-39(24)46-15-16-48-30(21-46)28-20-45-38-35(34(28)31-9-10-32(40)50-31)26(18-44-38)23-6-3-4-8-29(23)47-2/h3-14,17-20,30H,15-16,21H2,1-2H3,(H,41,43)(H,44,45). The number of rotatable bonds is 7. The third-order valence-electron chi connectivity index (χ3n) is 9.42. The van der Waals surface area contributed by atoms with Gasteiger partial charge in [-0.15, -0.1) is 22.7 Å². The highest BCUT2D eigenvalue weighted by Crippen LogP contribution is 2.47. The van der Waals surface area contributed by atoms with Crippen molar-refractivity contribution in [3.8, 4) is 48.9 Å². The molecular formula is C39H31ClN6O2S2. The lowest BCUT2D eigenvalue weighted by Crippen LogP contribution is -2.39. The average Bonchev–Trinajstić information content (AvgIpc) is 3.98. The summed E-state index contributed by atoms with van der Waals surface area (Å²) < 4.78 is 13.1. The normalized spacial score (nSPS) is 14.9. The van der Waals surface area contributed by atoms with Crippen LogP contribution in [-0.4, -0.2) is 51.7 Å². The molecule has 0 radical (unpaired) electrons. The van der Waals surface area contributed by atoms with Crippen molar-refractivity contribution < 1.29 is 9.47 Å². The SMILES string of the molecule is COc1ccccc1-c1c[nH]c2ncc(C3CN(c4ncccc4-c4c[nH]c5nccc(-c6sccc6C)c45)CCO3)c(-c3ccc(Cl)s3)c12. The molecular weight excluding hydrogens is 684 g/mol. The van der Waals surface area contributed by atoms with Crippen molar-refractivity contribution in [3.63, 3.8) is 0 Å². The zero-order chi connectivity index (χ0) is 33.8. The van der Waals surface area contributed by atoms with Gasteiger partial charge in [-0.3, -0.25) is 0 Å². The highest BCUT2D eigenvalue weighted by atomic mass is 35.5. The lowest BCUT2D eigenvalue weighted by molar-refractivity contribution is 0.0398. The Hall–Kier alpha value is -5.00. The first-order valence-corrected chi connectivity index (χ1v) is 18.4. The van der Waals surface area contributed by atoms with Crippen LogP contribution < -0.4 is 9.64 Å². The number of hydrogen-bond donors (Lipinski definition) is 2. The summed E-state index contributed by atoms with van der Waals surface area (Å²) in [4.78, 5) is 26.1. The number of aryl methyl sites for hydroxylation is 1. The van der Waals surface area contributed by atoms with Crippen LogP contribution in [0.15, 0.2) is 97.0 Å². The number of morpholine rings is 1. The number of nitrogens with zero attached hydrogens (tertiary/aromatic N) is 4. The molecule has 0 aliphatic carbocycles. The number of ether oxygens (including phenoxy) is 2. The van der Waals surface area contributed by atoms with Gasteiger partial charge in [0.2, 0.25) is 0 Å². The molecule has 2 N–H and O–H groups in total. The quantitative estimate of drug-likeness (QED) is 0.171. The van der Waals surface area contributed by atoms with E-state index < -0.39 is 0 Å². The summed E-state index contributed by atoms with van der Waals surface area (Å²) >= 11 is 9.87. The smallest absolute Gasteiger partial charge is 0.138 e. The molecule has 1 unspecified atom stereocenters. The average molecular weight is 715 g/mol. The van der Waals surface area contributed by atoms with Crippen LogP contribution in [0.4, 0.5) is 5.82 Å². The Morgan fingerprint density at radius 2 is 1.68 bits per heavy atom. The van der Waals surface area contributed by atoms with Crippen LogP contribution in [0.2, 0.25) is 4.34 Å². The minimum absolute atomic E-state index is 0.277. The van der Waals surface area contributed by atoms with Crippen molar-refractivity contribution in [3.05, 3.63) is 112 Å². The molecule has 7 aromatic heterocycles. The van der Waals surface area contributed by atoms with Gasteiger partial charge >= 0.3 is 0 Å². The van der Waals surface area contributed by atoms with Gasteiger partial charge in [0, 0.05) is 104 Å². The van der Waals surface area contributed by atoms with E-state index in [-0.39, 0.29) is 6.10 Å². The Balaban J connectivity index is 1.16. The molecule has 1 saturated heterocycles. The fourth-order valence-electron chi connectivity index (χ4n) is 7.14. The van der Waals surface area contributed by atoms with Crippen LogP contribution >= 0.6 is 34.3 Å². The van der Waals surface area contributed by atoms with E-state index in [1.807, 2.05) is 55.1 Å². The molecule has 1 aliphatic heterocycles. The molecule has 1 aromatic carbocycles. The zero-order valence-electron chi connectivity index (χ0n) is 27.2. The Labute approximate surface area is 301 Å². The predicted octanol–water partition coefficient (Wildman–Crippen LogP) is 10.2. The number of benzene rings is 1. The molecule has 0 spiro atoms. The maximum atomic E-state index is 6.60. The molecule has 8 aromatic rings. The minimum Gasteiger partial charge on any atom is -0.496 e. The maximum Gasteiger partial charge on any atom is 0.138 e. The molecule has 11 heteroatoms. The van der Waals surface area contributed by atoms with Crippen molar-refractivity contribution in [2.45, 2.75) is 13.0 Å². The number of methoxy groups -OCH3 is 1. The van der Waals surface area contributed by atoms with Gasteiger partial charge in [0.05, 0.1) is 18.1 Å². The summed E-state index contributed by atoms with van der Waals surface area (Å²) in [6.45, 7) is 3.98. The number of aromatic nitrogens is 5. The van der Waals surface area contributed by atoms with Crippen molar-refractivity contribution in [1.29, 1.82) is 0 Å². The van der Waals surface area contributed by atoms with Gasteiger partial charge in [-0.05, 0) is 60.3 Å². The van der Waals surface area contributed by atoms with E-state index in [0.717, 1.165) is 76.2 Å². The van der Waals surface area contributed by atoms with Gasteiger partial charge in [-0.1, -0.05) is 29.8 Å². The summed E-state index contributed by atoms with van der Waals surface area (Å²) in [6.07, 6.45) is 9.48. The number of anilines is 1. The van der Waals surface area contributed by atoms with Gasteiger partial charge in [0.15, 0.2) is 0 Å². The molecule has 8 nitrogen and oxygen atoms in total. The fraction of sp³-hybridized carbons (Fsp3) is 0.154. The Bertz CT molecular complexity index is 2520. The number of pyridine rings is 3. The van der Waals surface area contributed by atoms with Gasteiger partial charge < -0.3 is 24.3 Å². The van der Waals surface area contributed by atoms with Crippen molar-refractivity contribution in [2.75, 3.05) is 31.7 Å². The van der Waals surface area contributed by atoms with Crippen LogP contribution in [-0.2, 0) is 4.74 Å². The van der Waals surface area contributed by atoms with Crippen LogP contribution in [0, 0.1) is 6.92 Å². The van der Waals surface area contributed by atoms with Crippen LogP contribution in [0.5, 0.6) is 5.75 Å². The molecule has 0 bridgehead atoms. The first kappa shape index (κ1) is 31.0. The molecule has 50 heavy (non-hydrogen) atoms. The zero-order valence-corrected chi connectivity index (χ0v) is 29.6. The topological polar surface area (TPSA) is 92.0 Å². The number of thiophene rings is 2. The van der Waals surface area contributed by atoms with E-state index in [4.69, 9.17) is 36.0 Å². The first-order chi connectivity index (χ1) is 24.6. The van der Waals surface area contributed by atoms with Crippen LogP contribution in [0.25, 0.3) is 65.2 Å². The summed E-state index contributed by atoms with van der Waals surface area (Å²) in [5.41, 5.74) is 10.2. The van der Waals surface area contributed by atoms with Crippen LogP contribution in [0.1, 0.15) is 17.2 Å². The van der Waals surface area contributed by atoms with Crippen molar-refractivity contribution >= 4 is 62.2 Å². The highest BCUT2D eigenvalue weighted by Gasteiger charge is 2.30.